The van der Waals surface area contributed by atoms with Gasteiger partial charge in [-0.1, -0.05) is 6.07 Å². The van der Waals surface area contributed by atoms with Crippen molar-refractivity contribution in [3.63, 3.8) is 0 Å². The third-order valence-corrected chi connectivity index (χ3v) is 2.83. The first kappa shape index (κ1) is 10.8. The molecule has 0 amide bonds. The summed E-state index contributed by atoms with van der Waals surface area (Å²) in [4.78, 5) is 4.34. The molecule has 0 fully saturated rings. The molecule has 0 bridgehead atoms. The van der Waals surface area contributed by atoms with E-state index in [1.807, 2.05) is 37.3 Å². The Balaban J connectivity index is 2.49. The van der Waals surface area contributed by atoms with Gasteiger partial charge in [-0.25, -0.2) is 0 Å². The molecule has 0 unspecified atom stereocenters. The van der Waals surface area contributed by atoms with E-state index in [1.165, 1.54) is 0 Å². The average molecular weight is 273 g/mol. The number of rotatable bonds is 1. The van der Waals surface area contributed by atoms with Gasteiger partial charge in [-0.3, -0.25) is 4.98 Å². The Bertz CT molecular complexity index is 553. The van der Waals surface area contributed by atoms with Crippen LogP contribution in [0.4, 0.5) is 0 Å². The van der Waals surface area contributed by atoms with Crippen LogP contribution in [0.2, 0.25) is 0 Å². The van der Waals surface area contributed by atoms with Gasteiger partial charge >= 0.3 is 0 Å². The van der Waals surface area contributed by atoms with Crippen molar-refractivity contribution in [1.29, 1.82) is 5.26 Å². The van der Waals surface area contributed by atoms with Crippen LogP contribution in [0.15, 0.2) is 41.0 Å². The predicted molar refractivity (Wildman–Crippen MR) is 66.8 cm³/mol. The Kier molecular flexibility index (Phi) is 3.02. The maximum atomic E-state index is 8.79. The Morgan fingerprint density at radius 3 is 2.62 bits per heavy atom. The lowest BCUT2D eigenvalue weighted by molar-refractivity contribution is 1.29. The molecule has 1 aromatic carbocycles. The van der Waals surface area contributed by atoms with Crippen LogP contribution in [0.1, 0.15) is 11.1 Å². The topological polar surface area (TPSA) is 36.7 Å². The summed E-state index contributed by atoms with van der Waals surface area (Å²) < 4.78 is 0.961. The Hall–Kier alpha value is -1.66. The molecular formula is C13H9BrN2. The lowest BCUT2D eigenvalue weighted by atomic mass is 10.0. The number of halogens is 1. The zero-order chi connectivity index (χ0) is 11.5. The van der Waals surface area contributed by atoms with Gasteiger partial charge in [0.1, 0.15) is 0 Å². The molecule has 0 spiro atoms. The maximum absolute atomic E-state index is 8.79. The number of hydrogen-bond donors (Lipinski definition) is 0. The van der Waals surface area contributed by atoms with E-state index < -0.39 is 0 Å². The molecule has 3 heteroatoms. The third kappa shape index (κ3) is 2.12. The molecule has 0 saturated carbocycles. The predicted octanol–water partition coefficient (Wildman–Crippen LogP) is 3.69. The van der Waals surface area contributed by atoms with Crippen LogP contribution in [0, 0.1) is 18.3 Å². The van der Waals surface area contributed by atoms with Gasteiger partial charge < -0.3 is 0 Å². The van der Waals surface area contributed by atoms with Crippen molar-refractivity contribution in [2.45, 2.75) is 6.92 Å². The van der Waals surface area contributed by atoms with Crippen LogP contribution < -0.4 is 0 Å². The Morgan fingerprint density at radius 2 is 2.06 bits per heavy atom. The summed E-state index contributed by atoms with van der Waals surface area (Å²) >= 11 is 3.35. The molecule has 1 aromatic heterocycles. The fourth-order valence-corrected chi connectivity index (χ4v) is 1.79. The first-order chi connectivity index (χ1) is 7.70. The third-order valence-electron chi connectivity index (χ3n) is 2.36. The van der Waals surface area contributed by atoms with Gasteiger partial charge in [0.15, 0.2) is 0 Å². The van der Waals surface area contributed by atoms with E-state index in [0.29, 0.717) is 5.56 Å². The molecule has 2 nitrogen and oxygen atoms in total. The van der Waals surface area contributed by atoms with Crippen molar-refractivity contribution >= 4 is 15.9 Å². The quantitative estimate of drug-likeness (QED) is 0.794. The molecule has 0 atom stereocenters. The zero-order valence-corrected chi connectivity index (χ0v) is 10.3. The second kappa shape index (κ2) is 4.46. The molecule has 78 valence electrons. The van der Waals surface area contributed by atoms with Crippen molar-refractivity contribution in [2.24, 2.45) is 0 Å². The smallest absolute Gasteiger partial charge is 0.0991 e. The number of aromatic nitrogens is 1. The van der Waals surface area contributed by atoms with E-state index in [0.717, 1.165) is 21.3 Å². The molecule has 16 heavy (non-hydrogen) atoms. The highest BCUT2D eigenvalue weighted by Crippen LogP contribution is 2.23. The highest BCUT2D eigenvalue weighted by Gasteiger charge is 2.03. The molecule has 0 saturated heterocycles. The SMILES string of the molecule is Cc1cc(C#N)ccc1-c1ccc(Br)cn1. The van der Waals surface area contributed by atoms with E-state index in [4.69, 9.17) is 5.26 Å². The molecular weight excluding hydrogens is 264 g/mol. The number of nitriles is 1. The molecule has 2 aromatic rings. The molecule has 0 aliphatic rings. The number of nitrogens with zero attached hydrogens (tertiary/aromatic N) is 2. The lowest BCUT2D eigenvalue weighted by Crippen LogP contribution is -1.87. The van der Waals surface area contributed by atoms with Gasteiger partial charge in [-0.15, -0.1) is 0 Å². The van der Waals surface area contributed by atoms with E-state index >= 15 is 0 Å². The van der Waals surface area contributed by atoms with Gasteiger partial charge in [0.2, 0.25) is 0 Å². The van der Waals surface area contributed by atoms with Gasteiger partial charge in [-0.05, 0) is 52.7 Å². The van der Waals surface area contributed by atoms with Gasteiger partial charge in [0.05, 0.1) is 17.3 Å². The Morgan fingerprint density at radius 1 is 1.25 bits per heavy atom. The summed E-state index contributed by atoms with van der Waals surface area (Å²) in [5.74, 6) is 0. The molecule has 0 radical (unpaired) electrons. The number of benzene rings is 1. The first-order valence-electron chi connectivity index (χ1n) is 4.83. The average Bonchev–Trinajstić information content (AvgIpc) is 2.30. The monoisotopic (exact) mass is 272 g/mol. The van der Waals surface area contributed by atoms with Crippen LogP contribution in [-0.4, -0.2) is 4.98 Å². The van der Waals surface area contributed by atoms with Crippen molar-refractivity contribution in [3.8, 4) is 17.3 Å². The largest absolute Gasteiger partial charge is 0.255 e. The molecule has 2 rings (SSSR count). The molecule has 0 aliphatic carbocycles. The van der Waals surface area contributed by atoms with Gasteiger partial charge in [0, 0.05) is 16.2 Å². The van der Waals surface area contributed by atoms with Crippen LogP contribution in [-0.2, 0) is 0 Å². The standard InChI is InChI=1S/C13H9BrN2/c1-9-6-10(7-15)2-4-12(9)13-5-3-11(14)8-16-13/h2-6,8H,1H3. The van der Waals surface area contributed by atoms with Crippen molar-refractivity contribution in [2.75, 3.05) is 0 Å². The maximum Gasteiger partial charge on any atom is 0.0991 e. The normalized spacial score (nSPS) is 9.81. The molecule has 1 heterocycles. The van der Waals surface area contributed by atoms with Crippen LogP contribution in [0.25, 0.3) is 11.3 Å². The van der Waals surface area contributed by atoms with Gasteiger partial charge in [0.25, 0.3) is 0 Å². The fourth-order valence-electron chi connectivity index (χ4n) is 1.56. The minimum absolute atomic E-state index is 0.679. The second-order valence-corrected chi connectivity index (χ2v) is 4.42. The Labute approximate surface area is 103 Å². The summed E-state index contributed by atoms with van der Waals surface area (Å²) in [5, 5.41) is 8.79. The highest BCUT2D eigenvalue weighted by molar-refractivity contribution is 9.10. The van der Waals surface area contributed by atoms with Crippen LogP contribution in [0.3, 0.4) is 0 Å². The molecule has 0 N–H and O–H groups in total. The minimum Gasteiger partial charge on any atom is -0.255 e. The van der Waals surface area contributed by atoms with E-state index in [9.17, 15) is 0 Å². The lowest BCUT2D eigenvalue weighted by Gasteiger charge is -2.05. The van der Waals surface area contributed by atoms with Crippen LogP contribution >= 0.6 is 15.9 Å². The van der Waals surface area contributed by atoms with Crippen molar-refractivity contribution in [1.82, 2.24) is 4.98 Å². The van der Waals surface area contributed by atoms with E-state index in [1.54, 1.807) is 6.20 Å². The summed E-state index contributed by atoms with van der Waals surface area (Å²) in [6, 6.07) is 11.7. The van der Waals surface area contributed by atoms with E-state index in [-0.39, 0.29) is 0 Å². The summed E-state index contributed by atoms with van der Waals surface area (Å²) in [7, 11) is 0. The fraction of sp³-hybridized carbons (Fsp3) is 0.0769. The number of hydrogen-bond acceptors (Lipinski definition) is 2. The van der Waals surface area contributed by atoms with Gasteiger partial charge in [-0.2, -0.15) is 5.26 Å². The number of pyridine rings is 1. The zero-order valence-electron chi connectivity index (χ0n) is 8.74. The summed E-state index contributed by atoms with van der Waals surface area (Å²) in [6.45, 7) is 1.99. The van der Waals surface area contributed by atoms with E-state index in [2.05, 4.69) is 27.0 Å². The van der Waals surface area contributed by atoms with Crippen molar-refractivity contribution < 1.29 is 0 Å². The summed E-state index contributed by atoms with van der Waals surface area (Å²) in [5.41, 5.74) is 3.73. The summed E-state index contributed by atoms with van der Waals surface area (Å²) in [6.07, 6.45) is 1.77. The highest BCUT2D eigenvalue weighted by atomic mass is 79.9. The second-order valence-electron chi connectivity index (χ2n) is 3.50. The van der Waals surface area contributed by atoms with Crippen LogP contribution in [0.5, 0.6) is 0 Å². The molecule has 0 aliphatic heterocycles. The minimum atomic E-state index is 0.679. The number of aryl methyl sites for hydroxylation is 1. The first-order valence-corrected chi connectivity index (χ1v) is 5.62. The van der Waals surface area contributed by atoms with Crippen molar-refractivity contribution in [3.05, 3.63) is 52.1 Å².